The van der Waals surface area contributed by atoms with Crippen LogP contribution in [0, 0.1) is 6.92 Å². The number of morpholine rings is 1. The van der Waals surface area contributed by atoms with E-state index < -0.39 is 0 Å². The molecule has 0 atom stereocenters. The molecule has 138 valence electrons. The zero-order valence-electron chi connectivity index (χ0n) is 15.5. The van der Waals surface area contributed by atoms with Gasteiger partial charge in [0, 0.05) is 31.7 Å². The van der Waals surface area contributed by atoms with Crippen LogP contribution in [-0.2, 0) is 11.3 Å². The van der Waals surface area contributed by atoms with Crippen molar-refractivity contribution in [1.29, 1.82) is 0 Å². The van der Waals surface area contributed by atoms with Crippen LogP contribution in [-0.4, -0.2) is 43.7 Å². The van der Waals surface area contributed by atoms with E-state index in [0.29, 0.717) is 12.1 Å². The number of benzene rings is 2. The molecule has 0 radical (unpaired) electrons. The van der Waals surface area contributed by atoms with Gasteiger partial charge in [-0.25, -0.2) is 5.43 Å². The first-order chi connectivity index (χ1) is 12.7. The molecule has 0 unspecified atom stereocenters. The molecule has 1 aliphatic rings. The Balaban J connectivity index is 1.73. The lowest BCUT2D eigenvalue weighted by Gasteiger charge is -2.26. The number of hydrazine groups is 1. The first-order valence-electron chi connectivity index (χ1n) is 9.20. The van der Waals surface area contributed by atoms with Crippen LogP contribution < -0.4 is 10.9 Å². The van der Waals surface area contributed by atoms with Gasteiger partial charge in [-0.05, 0) is 35.2 Å². The Morgan fingerprint density at radius 2 is 1.77 bits per heavy atom. The molecule has 0 bridgehead atoms. The van der Waals surface area contributed by atoms with E-state index in [0.717, 1.165) is 49.5 Å². The van der Waals surface area contributed by atoms with Gasteiger partial charge >= 0.3 is 0 Å². The van der Waals surface area contributed by atoms with E-state index >= 15 is 0 Å². The number of rotatable bonds is 6. The molecular formula is C21H27N3O2. The van der Waals surface area contributed by atoms with Gasteiger partial charge in [-0.2, -0.15) is 0 Å². The van der Waals surface area contributed by atoms with Gasteiger partial charge in [-0.1, -0.05) is 43.3 Å². The summed E-state index contributed by atoms with van der Waals surface area (Å²) in [5.74, 6) is -0.102. The van der Waals surface area contributed by atoms with Crippen molar-refractivity contribution in [1.82, 2.24) is 15.8 Å². The van der Waals surface area contributed by atoms with Crippen molar-refractivity contribution >= 4 is 5.91 Å². The molecule has 1 heterocycles. The quantitative estimate of drug-likeness (QED) is 0.784. The van der Waals surface area contributed by atoms with Crippen molar-refractivity contribution in [2.75, 3.05) is 32.8 Å². The molecule has 2 N–H and O–H groups in total. The molecular weight excluding hydrogens is 326 g/mol. The van der Waals surface area contributed by atoms with E-state index in [2.05, 4.69) is 46.1 Å². The monoisotopic (exact) mass is 353 g/mol. The second-order valence-electron chi connectivity index (χ2n) is 6.60. The molecule has 1 fully saturated rings. The average molecular weight is 353 g/mol. The molecule has 0 aliphatic carbocycles. The fraction of sp³-hybridized carbons (Fsp3) is 0.381. The molecule has 2 aromatic rings. The lowest BCUT2D eigenvalue weighted by molar-refractivity contribution is 0.0342. The van der Waals surface area contributed by atoms with Crippen molar-refractivity contribution in [3.05, 3.63) is 59.2 Å². The number of hydrogen-bond acceptors (Lipinski definition) is 4. The van der Waals surface area contributed by atoms with Crippen LogP contribution in [0.4, 0.5) is 0 Å². The molecule has 1 aliphatic heterocycles. The first-order valence-corrected chi connectivity index (χ1v) is 9.20. The number of carbonyl (C=O) groups excluding carboxylic acids is 1. The van der Waals surface area contributed by atoms with Gasteiger partial charge < -0.3 is 4.74 Å². The fourth-order valence-corrected chi connectivity index (χ4v) is 3.10. The normalized spacial score (nSPS) is 15.0. The lowest BCUT2D eigenvalue weighted by atomic mass is 9.98. The van der Waals surface area contributed by atoms with Crippen molar-refractivity contribution in [3.63, 3.8) is 0 Å². The largest absolute Gasteiger partial charge is 0.379 e. The van der Waals surface area contributed by atoms with E-state index in [9.17, 15) is 4.79 Å². The molecule has 1 amide bonds. The Morgan fingerprint density at radius 3 is 2.46 bits per heavy atom. The third kappa shape index (κ3) is 4.69. The summed E-state index contributed by atoms with van der Waals surface area (Å²) in [4.78, 5) is 14.7. The molecule has 5 nitrogen and oxygen atoms in total. The minimum absolute atomic E-state index is 0.102. The summed E-state index contributed by atoms with van der Waals surface area (Å²) in [6.07, 6.45) is 0. The Kier molecular flexibility index (Phi) is 6.39. The third-order valence-electron chi connectivity index (χ3n) is 4.66. The number of aryl methyl sites for hydroxylation is 1. The molecule has 0 aromatic heterocycles. The van der Waals surface area contributed by atoms with Crippen LogP contribution >= 0.6 is 0 Å². The number of nitrogens with one attached hydrogen (secondary N) is 2. The third-order valence-corrected chi connectivity index (χ3v) is 4.66. The predicted octanol–water partition coefficient (Wildman–Crippen LogP) is 2.75. The van der Waals surface area contributed by atoms with Crippen molar-refractivity contribution in [3.8, 4) is 11.1 Å². The van der Waals surface area contributed by atoms with Gasteiger partial charge in [-0.3, -0.25) is 15.1 Å². The predicted molar refractivity (Wildman–Crippen MR) is 104 cm³/mol. The smallest absolute Gasteiger partial charge is 0.265 e. The van der Waals surface area contributed by atoms with Crippen LogP contribution in [0.3, 0.4) is 0 Å². The highest BCUT2D eigenvalue weighted by Gasteiger charge is 2.12. The van der Waals surface area contributed by atoms with Crippen molar-refractivity contribution in [2.45, 2.75) is 20.4 Å². The number of carbonyl (C=O) groups is 1. The Bertz CT molecular complexity index is 737. The highest BCUT2D eigenvalue weighted by atomic mass is 16.5. The van der Waals surface area contributed by atoms with Crippen LogP contribution in [0.25, 0.3) is 11.1 Å². The average Bonchev–Trinajstić information content (AvgIpc) is 2.68. The van der Waals surface area contributed by atoms with Crippen LogP contribution in [0.2, 0.25) is 0 Å². The summed E-state index contributed by atoms with van der Waals surface area (Å²) < 4.78 is 5.40. The molecule has 5 heteroatoms. The van der Waals surface area contributed by atoms with E-state index in [-0.39, 0.29) is 5.91 Å². The van der Waals surface area contributed by atoms with E-state index in [4.69, 9.17) is 4.74 Å². The number of amides is 1. The van der Waals surface area contributed by atoms with E-state index in [1.54, 1.807) is 0 Å². The van der Waals surface area contributed by atoms with Gasteiger partial charge in [0.1, 0.15) is 0 Å². The standard InChI is InChI=1S/C21H27N3O2/c1-3-22-23-21(25)20-14-19(7-4-16(20)2)18-8-5-17(6-9-18)15-24-10-12-26-13-11-24/h4-9,14,22H,3,10-13,15H2,1-2H3,(H,23,25). The molecule has 0 saturated carbocycles. The minimum atomic E-state index is -0.102. The lowest BCUT2D eigenvalue weighted by Crippen LogP contribution is -2.37. The molecule has 0 spiro atoms. The highest BCUT2D eigenvalue weighted by molar-refractivity contribution is 5.96. The van der Waals surface area contributed by atoms with Crippen molar-refractivity contribution in [2.24, 2.45) is 0 Å². The SMILES string of the molecule is CCNNC(=O)c1cc(-c2ccc(CN3CCOCC3)cc2)ccc1C. The van der Waals surface area contributed by atoms with Gasteiger partial charge in [0.25, 0.3) is 5.91 Å². The maximum Gasteiger partial charge on any atom is 0.265 e. The van der Waals surface area contributed by atoms with E-state index in [1.807, 2.05) is 26.0 Å². The van der Waals surface area contributed by atoms with Gasteiger partial charge in [0.05, 0.1) is 13.2 Å². The number of nitrogens with zero attached hydrogens (tertiary/aromatic N) is 1. The zero-order valence-corrected chi connectivity index (χ0v) is 15.5. The number of hydrogen-bond donors (Lipinski definition) is 2. The summed E-state index contributed by atoms with van der Waals surface area (Å²) in [6.45, 7) is 9.16. The Morgan fingerprint density at radius 1 is 1.08 bits per heavy atom. The van der Waals surface area contributed by atoms with Crippen LogP contribution in [0.15, 0.2) is 42.5 Å². The summed E-state index contributed by atoms with van der Waals surface area (Å²) >= 11 is 0. The second kappa shape index (κ2) is 8.94. The summed E-state index contributed by atoms with van der Waals surface area (Å²) in [5.41, 5.74) is 10.7. The molecule has 2 aromatic carbocycles. The van der Waals surface area contributed by atoms with Crippen molar-refractivity contribution < 1.29 is 9.53 Å². The topological polar surface area (TPSA) is 53.6 Å². The molecule has 26 heavy (non-hydrogen) atoms. The summed E-state index contributed by atoms with van der Waals surface area (Å²) in [6, 6.07) is 14.6. The maximum atomic E-state index is 12.3. The fourth-order valence-electron chi connectivity index (χ4n) is 3.10. The van der Waals surface area contributed by atoms with Crippen LogP contribution in [0.1, 0.15) is 28.4 Å². The maximum absolute atomic E-state index is 12.3. The van der Waals surface area contributed by atoms with Gasteiger partial charge in [-0.15, -0.1) is 0 Å². The second-order valence-corrected chi connectivity index (χ2v) is 6.60. The summed E-state index contributed by atoms with van der Waals surface area (Å²) in [7, 11) is 0. The minimum Gasteiger partial charge on any atom is -0.379 e. The highest BCUT2D eigenvalue weighted by Crippen LogP contribution is 2.23. The first kappa shape index (κ1) is 18.6. The molecule has 3 rings (SSSR count). The Labute approximate surface area is 155 Å². The van der Waals surface area contributed by atoms with Gasteiger partial charge in [0.15, 0.2) is 0 Å². The van der Waals surface area contributed by atoms with Gasteiger partial charge in [0.2, 0.25) is 0 Å². The van der Waals surface area contributed by atoms with Crippen LogP contribution in [0.5, 0.6) is 0 Å². The zero-order chi connectivity index (χ0) is 18.4. The molecule has 1 saturated heterocycles. The van der Waals surface area contributed by atoms with E-state index in [1.165, 1.54) is 5.56 Å². The summed E-state index contributed by atoms with van der Waals surface area (Å²) in [5, 5.41) is 0. The Hall–Kier alpha value is -2.21. The number of ether oxygens (including phenoxy) is 1.